The Morgan fingerprint density at radius 1 is 1.08 bits per heavy atom. The first-order chi connectivity index (χ1) is 6.31. The lowest BCUT2D eigenvalue weighted by Gasteiger charge is -2.19. The third-order valence-electron chi connectivity index (χ3n) is 2.98. The minimum Gasteiger partial charge on any atom is -0.0732 e. The van der Waals surface area contributed by atoms with Crippen LogP contribution in [0, 0.1) is 11.8 Å². The van der Waals surface area contributed by atoms with Crippen LogP contribution in [0.25, 0.3) is 12.2 Å². The Morgan fingerprint density at radius 2 is 1.69 bits per heavy atom. The smallest absolute Gasteiger partial charge is 0.0166 e. The standard InChI is InChI=1S/C13H16/c1-3-11-9-13-7-5-4-6-12(13)8-10(11)2/h4-11H,3H2,1-2H3. The summed E-state index contributed by atoms with van der Waals surface area (Å²) < 4.78 is 0. The molecule has 0 fully saturated rings. The van der Waals surface area contributed by atoms with Crippen molar-refractivity contribution in [2.24, 2.45) is 11.8 Å². The molecule has 1 aromatic rings. The van der Waals surface area contributed by atoms with E-state index in [0.29, 0.717) is 5.92 Å². The first-order valence-electron chi connectivity index (χ1n) is 5.10. The summed E-state index contributed by atoms with van der Waals surface area (Å²) in [6.45, 7) is 4.57. The molecular formula is C13H16. The molecule has 1 aliphatic rings. The van der Waals surface area contributed by atoms with E-state index in [1.807, 2.05) is 0 Å². The second-order valence-corrected chi connectivity index (χ2v) is 3.89. The Morgan fingerprint density at radius 3 is 2.31 bits per heavy atom. The van der Waals surface area contributed by atoms with Crippen LogP contribution in [0.15, 0.2) is 24.3 Å². The quantitative estimate of drug-likeness (QED) is 0.607. The summed E-state index contributed by atoms with van der Waals surface area (Å²) in [5.74, 6) is 1.43. The summed E-state index contributed by atoms with van der Waals surface area (Å²) >= 11 is 0. The van der Waals surface area contributed by atoms with Gasteiger partial charge in [-0.25, -0.2) is 0 Å². The van der Waals surface area contributed by atoms with E-state index in [9.17, 15) is 0 Å². The summed E-state index contributed by atoms with van der Waals surface area (Å²) in [5.41, 5.74) is 0. The number of benzene rings is 1. The summed E-state index contributed by atoms with van der Waals surface area (Å²) in [6, 6.07) is 8.64. The Kier molecular flexibility index (Phi) is 2.22. The van der Waals surface area contributed by atoms with Crippen LogP contribution in [0.4, 0.5) is 0 Å². The van der Waals surface area contributed by atoms with Gasteiger partial charge in [-0.3, -0.25) is 0 Å². The molecule has 0 amide bonds. The van der Waals surface area contributed by atoms with Gasteiger partial charge in [0.2, 0.25) is 0 Å². The van der Waals surface area contributed by atoms with Gasteiger partial charge in [0.25, 0.3) is 0 Å². The summed E-state index contributed by atoms with van der Waals surface area (Å²) in [5, 5.41) is 2.81. The van der Waals surface area contributed by atoms with Crippen LogP contribution < -0.4 is 10.4 Å². The van der Waals surface area contributed by atoms with Gasteiger partial charge in [-0.15, -0.1) is 0 Å². The Labute approximate surface area is 79.6 Å². The molecule has 13 heavy (non-hydrogen) atoms. The van der Waals surface area contributed by atoms with E-state index < -0.39 is 0 Å². The van der Waals surface area contributed by atoms with E-state index in [1.165, 1.54) is 16.9 Å². The van der Waals surface area contributed by atoms with E-state index in [2.05, 4.69) is 50.3 Å². The first-order valence-corrected chi connectivity index (χ1v) is 5.10. The molecule has 2 rings (SSSR count). The SMILES string of the molecule is CCC1C=c2ccccc2=CC1C. The molecule has 0 bridgehead atoms. The van der Waals surface area contributed by atoms with E-state index in [-0.39, 0.29) is 0 Å². The van der Waals surface area contributed by atoms with Crippen molar-refractivity contribution in [2.45, 2.75) is 20.3 Å². The lowest BCUT2D eigenvalue weighted by atomic mass is 9.86. The zero-order valence-electron chi connectivity index (χ0n) is 8.33. The van der Waals surface area contributed by atoms with Gasteiger partial charge in [-0.1, -0.05) is 50.3 Å². The Hall–Kier alpha value is -1.04. The molecule has 0 saturated carbocycles. The van der Waals surface area contributed by atoms with Gasteiger partial charge in [0.05, 0.1) is 0 Å². The normalized spacial score (nSPS) is 25.7. The average Bonchev–Trinajstić information content (AvgIpc) is 2.17. The van der Waals surface area contributed by atoms with Crippen molar-refractivity contribution in [3.8, 4) is 0 Å². The van der Waals surface area contributed by atoms with E-state index in [4.69, 9.17) is 0 Å². The van der Waals surface area contributed by atoms with Gasteiger partial charge < -0.3 is 0 Å². The zero-order chi connectivity index (χ0) is 9.26. The molecular weight excluding hydrogens is 156 g/mol. The van der Waals surface area contributed by atoms with Crippen LogP contribution in [-0.4, -0.2) is 0 Å². The van der Waals surface area contributed by atoms with E-state index >= 15 is 0 Å². The molecule has 2 unspecified atom stereocenters. The molecule has 0 spiro atoms. The van der Waals surface area contributed by atoms with Crippen molar-refractivity contribution in [1.82, 2.24) is 0 Å². The van der Waals surface area contributed by atoms with Crippen LogP contribution in [-0.2, 0) is 0 Å². The maximum atomic E-state index is 2.42. The van der Waals surface area contributed by atoms with Gasteiger partial charge in [0.1, 0.15) is 0 Å². The van der Waals surface area contributed by atoms with Crippen molar-refractivity contribution in [2.75, 3.05) is 0 Å². The van der Waals surface area contributed by atoms with Crippen molar-refractivity contribution in [3.63, 3.8) is 0 Å². The monoisotopic (exact) mass is 172 g/mol. The fourth-order valence-electron chi connectivity index (χ4n) is 2.09. The van der Waals surface area contributed by atoms with Crippen molar-refractivity contribution in [1.29, 1.82) is 0 Å². The molecule has 2 atom stereocenters. The largest absolute Gasteiger partial charge is 0.0732 e. The fraction of sp³-hybridized carbons (Fsp3) is 0.385. The lowest BCUT2D eigenvalue weighted by molar-refractivity contribution is 0.540. The molecule has 0 radical (unpaired) electrons. The molecule has 1 aromatic carbocycles. The maximum absolute atomic E-state index is 2.42. The van der Waals surface area contributed by atoms with Crippen molar-refractivity contribution < 1.29 is 0 Å². The minimum atomic E-state index is 0.694. The molecule has 0 heterocycles. The highest BCUT2D eigenvalue weighted by Gasteiger charge is 2.12. The van der Waals surface area contributed by atoms with Gasteiger partial charge >= 0.3 is 0 Å². The fourth-order valence-corrected chi connectivity index (χ4v) is 2.09. The van der Waals surface area contributed by atoms with Crippen LogP contribution in [0.1, 0.15) is 20.3 Å². The highest BCUT2D eigenvalue weighted by molar-refractivity contribution is 5.42. The molecule has 1 aliphatic carbocycles. The topological polar surface area (TPSA) is 0 Å². The summed E-state index contributed by atoms with van der Waals surface area (Å²) in [6.07, 6.45) is 6.05. The van der Waals surface area contributed by atoms with Gasteiger partial charge in [0, 0.05) is 0 Å². The third kappa shape index (κ3) is 1.53. The second-order valence-electron chi connectivity index (χ2n) is 3.89. The van der Waals surface area contributed by atoms with Crippen LogP contribution in [0.3, 0.4) is 0 Å². The Bertz CT molecular complexity index is 400. The number of hydrogen-bond acceptors (Lipinski definition) is 0. The summed E-state index contributed by atoms with van der Waals surface area (Å²) in [4.78, 5) is 0. The second kappa shape index (κ2) is 3.37. The highest BCUT2D eigenvalue weighted by Crippen LogP contribution is 2.19. The maximum Gasteiger partial charge on any atom is -0.0166 e. The molecule has 0 nitrogen and oxygen atoms in total. The molecule has 0 aromatic heterocycles. The van der Waals surface area contributed by atoms with Gasteiger partial charge in [-0.2, -0.15) is 0 Å². The molecule has 68 valence electrons. The Balaban J connectivity index is 2.59. The molecule has 0 N–H and O–H groups in total. The van der Waals surface area contributed by atoms with Gasteiger partial charge in [0.15, 0.2) is 0 Å². The number of hydrogen-bond donors (Lipinski definition) is 0. The third-order valence-corrected chi connectivity index (χ3v) is 2.98. The van der Waals surface area contributed by atoms with Crippen molar-refractivity contribution in [3.05, 3.63) is 34.7 Å². The number of rotatable bonds is 1. The highest BCUT2D eigenvalue weighted by atomic mass is 14.2. The average molecular weight is 172 g/mol. The molecule has 0 heteroatoms. The predicted octanol–water partition coefficient (Wildman–Crippen LogP) is 1.92. The number of fused-ring (bicyclic) bond motifs is 1. The van der Waals surface area contributed by atoms with E-state index in [0.717, 1.165) is 5.92 Å². The van der Waals surface area contributed by atoms with E-state index in [1.54, 1.807) is 0 Å². The van der Waals surface area contributed by atoms with Gasteiger partial charge in [-0.05, 0) is 28.7 Å². The zero-order valence-corrected chi connectivity index (χ0v) is 8.33. The predicted molar refractivity (Wildman–Crippen MR) is 57.6 cm³/mol. The minimum absolute atomic E-state index is 0.694. The van der Waals surface area contributed by atoms with Crippen LogP contribution in [0.2, 0.25) is 0 Å². The first kappa shape index (κ1) is 8.55. The molecule has 0 aliphatic heterocycles. The van der Waals surface area contributed by atoms with Crippen LogP contribution in [0.5, 0.6) is 0 Å². The van der Waals surface area contributed by atoms with Crippen LogP contribution >= 0.6 is 0 Å². The summed E-state index contributed by atoms with van der Waals surface area (Å²) in [7, 11) is 0. The molecule has 0 saturated heterocycles. The van der Waals surface area contributed by atoms with Crippen molar-refractivity contribution >= 4 is 12.2 Å². The lowest BCUT2D eigenvalue weighted by Crippen LogP contribution is -2.31.